The van der Waals surface area contributed by atoms with Crippen molar-refractivity contribution in [1.82, 2.24) is 15.1 Å². The SMILES string of the molecule is CCN1CCN(CCCNC(=O)Cc2ccc(N)cc2)CC1. The van der Waals surface area contributed by atoms with Crippen molar-refractivity contribution in [2.75, 3.05) is 51.5 Å². The van der Waals surface area contributed by atoms with Crippen LogP contribution in [0.15, 0.2) is 24.3 Å². The number of nitrogens with zero attached hydrogens (tertiary/aromatic N) is 2. The molecule has 1 heterocycles. The lowest BCUT2D eigenvalue weighted by molar-refractivity contribution is -0.120. The van der Waals surface area contributed by atoms with Gasteiger partial charge in [-0.3, -0.25) is 4.79 Å². The zero-order valence-corrected chi connectivity index (χ0v) is 13.6. The summed E-state index contributed by atoms with van der Waals surface area (Å²) in [6, 6.07) is 7.47. The van der Waals surface area contributed by atoms with E-state index in [2.05, 4.69) is 22.0 Å². The van der Waals surface area contributed by atoms with E-state index >= 15 is 0 Å². The largest absolute Gasteiger partial charge is 0.399 e. The van der Waals surface area contributed by atoms with Crippen molar-refractivity contribution in [2.45, 2.75) is 19.8 Å². The maximum absolute atomic E-state index is 11.9. The lowest BCUT2D eigenvalue weighted by atomic mass is 10.1. The Morgan fingerprint density at radius 3 is 2.41 bits per heavy atom. The highest BCUT2D eigenvalue weighted by Crippen LogP contribution is 2.06. The molecule has 0 aliphatic carbocycles. The van der Waals surface area contributed by atoms with Crippen LogP contribution < -0.4 is 11.1 Å². The van der Waals surface area contributed by atoms with E-state index in [0.717, 1.165) is 50.4 Å². The van der Waals surface area contributed by atoms with Crippen LogP contribution in [0.4, 0.5) is 5.69 Å². The Bertz CT molecular complexity index is 452. The van der Waals surface area contributed by atoms with Gasteiger partial charge in [0.15, 0.2) is 0 Å². The van der Waals surface area contributed by atoms with Crippen molar-refractivity contribution >= 4 is 11.6 Å². The van der Waals surface area contributed by atoms with Crippen LogP contribution >= 0.6 is 0 Å². The van der Waals surface area contributed by atoms with Gasteiger partial charge in [0.25, 0.3) is 0 Å². The molecule has 1 aromatic carbocycles. The molecule has 0 bridgehead atoms. The van der Waals surface area contributed by atoms with Crippen LogP contribution in [0.2, 0.25) is 0 Å². The van der Waals surface area contributed by atoms with Gasteiger partial charge >= 0.3 is 0 Å². The molecule has 0 atom stereocenters. The number of carbonyl (C=O) groups is 1. The second-order valence-corrected chi connectivity index (χ2v) is 5.90. The number of nitrogens with one attached hydrogen (secondary N) is 1. The number of carbonyl (C=O) groups excluding carboxylic acids is 1. The summed E-state index contributed by atoms with van der Waals surface area (Å²) in [6.45, 7) is 9.81. The Morgan fingerprint density at radius 2 is 1.77 bits per heavy atom. The third-order valence-corrected chi connectivity index (χ3v) is 4.23. The van der Waals surface area contributed by atoms with Crippen LogP contribution in [-0.2, 0) is 11.2 Å². The minimum Gasteiger partial charge on any atom is -0.399 e. The number of hydrogen-bond acceptors (Lipinski definition) is 4. The number of hydrogen-bond donors (Lipinski definition) is 2. The number of benzene rings is 1. The third-order valence-electron chi connectivity index (χ3n) is 4.23. The maximum Gasteiger partial charge on any atom is 0.224 e. The van der Waals surface area contributed by atoms with E-state index in [4.69, 9.17) is 5.73 Å². The zero-order chi connectivity index (χ0) is 15.8. The standard InChI is InChI=1S/C17H28N4O/c1-2-20-10-12-21(13-11-20)9-3-8-19-17(22)14-15-4-6-16(18)7-5-15/h4-7H,2-3,8-14,18H2,1H3,(H,19,22). The van der Waals surface area contributed by atoms with Crippen LogP contribution in [-0.4, -0.2) is 61.5 Å². The monoisotopic (exact) mass is 304 g/mol. The van der Waals surface area contributed by atoms with Crippen LogP contribution in [0.5, 0.6) is 0 Å². The number of nitrogens with two attached hydrogens (primary N) is 1. The molecule has 0 spiro atoms. The van der Waals surface area contributed by atoms with Crippen molar-refractivity contribution in [3.05, 3.63) is 29.8 Å². The number of anilines is 1. The fourth-order valence-electron chi connectivity index (χ4n) is 2.74. The van der Waals surface area contributed by atoms with Crippen molar-refractivity contribution in [1.29, 1.82) is 0 Å². The maximum atomic E-state index is 11.9. The Labute approximate surface area is 133 Å². The minimum absolute atomic E-state index is 0.0839. The summed E-state index contributed by atoms with van der Waals surface area (Å²) in [4.78, 5) is 16.8. The molecule has 1 aliphatic heterocycles. The summed E-state index contributed by atoms with van der Waals surface area (Å²) in [6.07, 6.45) is 1.44. The van der Waals surface area contributed by atoms with Gasteiger partial charge in [-0.05, 0) is 37.2 Å². The van der Waals surface area contributed by atoms with Gasteiger partial charge in [-0.15, -0.1) is 0 Å². The van der Waals surface area contributed by atoms with Crippen LogP contribution in [0.25, 0.3) is 0 Å². The molecule has 22 heavy (non-hydrogen) atoms. The molecule has 1 fully saturated rings. The second-order valence-electron chi connectivity index (χ2n) is 5.90. The fraction of sp³-hybridized carbons (Fsp3) is 0.588. The van der Waals surface area contributed by atoms with Gasteiger partial charge in [-0.2, -0.15) is 0 Å². The first kappa shape index (κ1) is 16.8. The Hall–Kier alpha value is -1.59. The molecule has 5 nitrogen and oxygen atoms in total. The van der Waals surface area contributed by atoms with Gasteiger partial charge < -0.3 is 20.9 Å². The molecule has 0 aromatic heterocycles. The van der Waals surface area contributed by atoms with Crippen molar-refractivity contribution in [2.24, 2.45) is 0 Å². The van der Waals surface area contributed by atoms with Crippen LogP contribution in [0.3, 0.4) is 0 Å². The van der Waals surface area contributed by atoms with Crippen molar-refractivity contribution in [3.8, 4) is 0 Å². The molecular weight excluding hydrogens is 276 g/mol. The topological polar surface area (TPSA) is 61.6 Å². The van der Waals surface area contributed by atoms with E-state index < -0.39 is 0 Å². The number of piperazine rings is 1. The van der Waals surface area contributed by atoms with Crippen molar-refractivity contribution in [3.63, 3.8) is 0 Å². The van der Waals surface area contributed by atoms with Gasteiger partial charge in [-0.1, -0.05) is 19.1 Å². The highest BCUT2D eigenvalue weighted by molar-refractivity contribution is 5.78. The molecule has 1 saturated heterocycles. The summed E-state index contributed by atoms with van der Waals surface area (Å²) in [5, 5.41) is 3.00. The Balaban J connectivity index is 1.56. The summed E-state index contributed by atoms with van der Waals surface area (Å²) < 4.78 is 0. The molecule has 2 rings (SSSR count). The molecule has 0 saturated carbocycles. The lowest BCUT2D eigenvalue weighted by Crippen LogP contribution is -2.46. The molecule has 1 aliphatic rings. The summed E-state index contributed by atoms with van der Waals surface area (Å²) in [5.74, 6) is 0.0839. The van der Waals surface area contributed by atoms with Gasteiger partial charge in [0.2, 0.25) is 5.91 Å². The number of likely N-dealkylation sites (N-methyl/N-ethyl adjacent to an activating group) is 1. The first-order valence-corrected chi connectivity index (χ1v) is 8.23. The lowest BCUT2D eigenvalue weighted by Gasteiger charge is -2.33. The van der Waals surface area contributed by atoms with Crippen molar-refractivity contribution < 1.29 is 4.79 Å². The van der Waals surface area contributed by atoms with Crippen LogP contribution in [0, 0.1) is 0 Å². The normalized spacial score (nSPS) is 16.6. The quantitative estimate of drug-likeness (QED) is 0.582. The molecule has 0 unspecified atom stereocenters. The van der Waals surface area contributed by atoms with E-state index in [1.54, 1.807) is 0 Å². The number of rotatable bonds is 7. The first-order chi connectivity index (χ1) is 10.7. The Kier molecular flexibility index (Phi) is 6.68. The summed E-state index contributed by atoms with van der Waals surface area (Å²) in [7, 11) is 0. The Morgan fingerprint density at radius 1 is 1.14 bits per heavy atom. The highest BCUT2D eigenvalue weighted by atomic mass is 16.1. The number of nitrogen functional groups attached to an aromatic ring is 1. The fourth-order valence-corrected chi connectivity index (χ4v) is 2.74. The summed E-state index contributed by atoms with van der Waals surface area (Å²) in [5.41, 5.74) is 7.37. The third kappa shape index (κ3) is 5.66. The van der Waals surface area contributed by atoms with E-state index in [0.29, 0.717) is 6.42 Å². The van der Waals surface area contributed by atoms with E-state index in [1.807, 2.05) is 24.3 Å². The van der Waals surface area contributed by atoms with Gasteiger partial charge in [-0.25, -0.2) is 0 Å². The number of amides is 1. The first-order valence-electron chi connectivity index (χ1n) is 8.23. The van der Waals surface area contributed by atoms with Gasteiger partial charge in [0.1, 0.15) is 0 Å². The molecule has 0 radical (unpaired) electrons. The van der Waals surface area contributed by atoms with Gasteiger partial charge in [0.05, 0.1) is 6.42 Å². The predicted octanol–water partition coefficient (Wildman–Crippen LogP) is 0.955. The van der Waals surface area contributed by atoms with E-state index in [-0.39, 0.29) is 5.91 Å². The highest BCUT2D eigenvalue weighted by Gasteiger charge is 2.14. The molecule has 3 N–H and O–H groups in total. The average Bonchev–Trinajstić information content (AvgIpc) is 2.54. The average molecular weight is 304 g/mol. The molecule has 1 aromatic rings. The molecular formula is C17H28N4O. The minimum atomic E-state index is 0.0839. The molecule has 122 valence electrons. The summed E-state index contributed by atoms with van der Waals surface area (Å²) >= 11 is 0. The predicted molar refractivity (Wildman–Crippen MR) is 90.7 cm³/mol. The van der Waals surface area contributed by atoms with E-state index in [9.17, 15) is 4.79 Å². The molecule has 5 heteroatoms. The molecule has 1 amide bonds. The second kappa shape index (κ2) is 8.76. The van der Waals surface area contributed by atoms with E-state index in [1.165, 1.54) is 13.1 Å². The van der Waals surface area contributed by atoms with Gasteiger partial charge in [0, 0.05) is 38.4 Å². The zero-order valence-electron chi connectivity index (χ0n) is 13.6. The smallest absolute Gasteiger partial charge is 0.224 e. The van der Waals surface area contributed by atoms with Crippen LogP contribution in [0.1, 0.15) is 18.9 Å².